The van der Waals surface area contributed by atoms with Crippen LogP contribution in [0, 0.1) is 0 Å². The summed E-state index contributed by atoms with van der Waals surface area (Å²) in [6, 6.07) is 12.6. The normalized spacial score (nSPS) is 16.5. The van der Waals surface area contributed by atoms with E-state index >= 15 is 0 Å². The first-order chi connectivity index (χ1) is 16.5. The largest absolute Gasteiger partial charge is 0.497 e. The number of aliphatic imine (C=N–C) groups is 1. The van der Waals surface area contributed by atoms with Crippen LogP contribution >= 0.6 is 24.2 Å². The summed E-state index contributed by atoms with van der Waals surface area (Å²) in [6.07, 6.45) is -2.79. The first kappa shape index (κ1) is 29.7. The molecule has 2 aromatic carbocycles. The molecule has 1 aliphatic heterocycles. The van der Waals surface area contributed by atoms with Gasteiger partial charge in [0.25, 0.3) is 5.91 Å². The lowest BCUT2D eigenvalue weighted by atomic mass is 10.1. The number of carbonyl (C=O) groups is 1. The Bertz CT molecular complexity index is 1080. The minimum atomic E-state index is -4.41. The molecule has 0 bridgehead atoms. The Kier molecular flexibility index (Phi) is 10.5. The number of benzene rings is 2. The Morgan fingerprint density at radius 3 is 2.11 bits per heavy atom. The maximum Gasteiger partial charge on any atom is 0.416 e. The van der Waals surface area contributed by atoms with Gasteiger partial charge in [0.2, 0.25) is 0 Å². The fourth-order valence-electron chi connectivity index (χ4n) is 3.80. The van der Waals surface area contributed by atoms with E-state index in [9.17, 15) is 18.0 Å². The fourth-order valence-corrected chi connectivity index (χ4v) is 4.83. The molecule has 1 heterocycles. The predicted molar refractivity (Wildman–Crippen MR) is 143 cm³/mol. The zero-order valence-electron chi connectivity index (χ0n) is 20.9. The number of halogens is 4. The average molecular weight is 542 g/mol. The predicted octanol–water partition coefficient (Wildman–Crippen LogP) is 6.86. The van der Waals surface area contributed by atoms with Crippen molar-refractivity contribution in [3.63, 3.8) is 0 Å². The van der Waals surface area contributed by atoms with Crippen LogP contribution in [-0.4, -0.2) is 53.2 Å². The van der Waals surface area contributed by atoms with E-state index < -0.39 is 11.7 Å². The molecule has 0 unspecified atom stereocenters. The van der Waals surface area contributed by atoms with Crippen molar-refractivity contribution in [2.24, 2.45) is 4.99 Å². The zero-order valence-corrected chi connectivity index (χ0v) is 22.5. The maximum atomic E-state index is 13.3. The standard InChI is InChI=1S/C26H30F3N3O2S.ClH/c1-17(2)31(18(3)4)14-15-32-24(33)23(16-19-6-8-20(9-7-19)26(27,28)29)35-25(32)30-21-10-12-22(34-5)13-11-21;/h6-13,16-18H,14-15H2,1-5H3;1H. The molecule has 3 rings (SSSR count). The van der Waals surface area contributed by atoms with E-state index in [1.807, 2.05) is 0 Å². The lowest BCUT2D eigenvalue weighted by Gasteiger charge is -2.31. The van der Waals surface area contributed by atoms with Gasteiger partial charge in [0.1, 0.15) is 5.75 Å². The molecular formula is C26H31ClF3N3O2S. The number of hydrogen-bond donors (Lipinski definition) is 0. The molecule has 1 amide bonds. The maximum absolute atomic E-state index is 13.3. The van der Waals surface area contributed by atoms with E-state index in [0.717, 1.165) is 12.1 Å². The molecule has 2 aromatic rings. The van der Waals surface area contributed by atoms with Crippen LogP contribution in [0.5, 0.6) is 5.75 Å². The van der Waals surface area contributed by atoms with Crippen molar-refractivity contribution in [1.82, 2.24) is 9.80 Å². The smallest absolute Gasteiger partial charge is 0.416 e. The van der Waals surface area contributed by atoms with E-state index in [1.165, 1.54) is 23.9 Å². The molecule has 0 saturated carbocycles. The Labute approximate surface area is 220 Å². The molecule has 0 N–H and O–H groups in total. The number of rotatable bonds is 8. The van der Waals surface area contributed by atoms with E-state index in [1.54, 1.807) is 42.4 Å². The first-order valence-corrected chi connectivity index (χ1v) is 12.2. The van der Waals surface area contributed by atoms with Crippen molar-refractivity contribution < 1.29 is 22.7 Å². The molecule has 36 heavy (non-hydrogen) atoms. The van der Waals surface area contributed by atoms with Crippen molar-refractivity contribution >= 4 is 47.0 Å². The van der Waals surface area contributed by atoms with E-state index in [2.05, 4.69) is 32.6 Å². The summed E-state index contributed by atoms with van der Waals surface area (Å²) in [6.45, 7) is 9.57. The van der Waals surface area contributed by atoms with Gasteiger partial charge in [0.05, 0.1) is 23.3 Å². The highest BCUT2D eigenvalue weighted by Crippen LogP contribution is 2.35. The zero-order chi connectivity index (χ0) is 25.8. The van der Waals surface area contributed by atoms with Crippen LogP contribution in [0.1, 0.15) is 38.8 Å². The van der Waals surface area contributed by atoms with Crippen molar-refractivity contribution in [3.05, 3.63) is 64.6 Å². The van der Waals surface area contributed by atoms with Gasteiger partial charge >= 0.3 is 6.18 Å². The molecule has 0 atom stereocenters. The number of ether oxygens (including phenoxy) is 1. The van der Waals surface area contributed by atoms with Gasteiger partial charge in [-0.2, -0.15) is 13.2 Å². The molecule has 0 aliphatic carbocycles. The second-order valence-corrected chi connectivity index (χ2v) is 9.71. The monoisotopic (exact) mass is 541 g/mol. The third-order valence-corrected chi connectivity index (χ3v) is 6.64. The van der Waals surface area contributed by atoms with Crippen LogP contribution in [-0.2, 0) is 11.0 Å². The van der Waals surface area contributed by atoms with Gasteiger partial charge in [-0.05, 0) is 87.5 Å². The fraction of sp³-hybridized carbons (Fsp3) is 0.385. The molecule has 196 valence electrons. The Morgan fingerprint density at radius 2 is 1.61 bits per heavy atom. The number of methoxy groups -OCH3 is 1. The molecule has 1 saturated heterocycles. The van der Waals surface area contributed by atoms with Crippen LogP contribution in [0.15, 0.2) is 58.4 Å². The van der Waals surface area contributed by atoms with Crippen LogP contribution in [0.4, 0.5) is 18.9 Å². The first-order valence-electron chi connectivity index (χ1n) is 11.4. The summed E-state index contributed by atoms with van der Waals surface area (Å²) >= 11 is 1.22. The molecule has 0 spiro atoms. The highest BCUT2D eigenvalue weighted by molar-refractivity contribution is 8.18. The number of nitrogens with zero attached hydrogens (tertiary/aromatic N) is 3. The van der Waals surface area contributed by atoms with Gasteiger partial charge in [0.15, 0.2) is 5.17 Å². The highest BCUT2D eigenvalue weighted by atomic mass is 35.5. The quantitative estimate of drug-likeness (QED) is 0.342. The number of alkyl halides is 3. The van der Waals surface area contributed by atoms with Gasteiger partial charge in [-0.1, -0.05) is 12.1 Å². The molecular weight excluding hydrogens is 511 g/mol. The second-order valence-electron chi connectivity index (χ2n) is 8.70. The third kappa shape index (κ3) is 7.51. The second kappa shape index (κ2) is 12.7. The van der Waals surface area contributed by atoms with Crippen molar-refractivity contribution in [2.75, 3.05) is 20.2 Å². The van der Waals surface area contributed by atoms with Gasteiger partial charge < -0.3 is 4.74 Å². The summed E-state index contributed by atoms with van der Waals surface area (Å²) in [7, 11) is 1.58. The van der Waals surface area contributed by atoms with E-state index in [0.29, 0.717) is 52.2 Å². The van der Waals surface area contributed by atoms with Crippen LogP contribution < -0.4 is 4.74 Å². The SMILES string of the molecule is COc1ccc(N=C2SC(=Cc3ccc(C(F)(F)F)cc3)C(=O)N2CCN(C(C)C)C(C)C)cc1.Cl. The molecule has 0 radical (unpaired) electrons. The number of hydrogen-bond acceptors (Lipinski definition) is 5. The van der Waals surface area contributed by atoms with E-state index in [4.69, 9.17) is 9.73 Å². The number of amidine groups is 1. The summed E-state index contributed by atoms with van der Waals surface area (Å²) in [5.74, 6) is 0.489. The molecule has 1 fully saturated rings. The molecule has 5 nitrogen and oxygen atoms in total. The van der Waals surface area contributed by atoms with Crippen molar-refractivity contribution in [3.8, 4) is 5.75 Å². The van der Waals surface area contributed by atoms with Crippen molar-refractivity contribution in [2.45, 2.75) is 46.0 Å². The molecule has 0 aromatic heterocycles. The topological polar surface area (TPSA) is 45.1 Å². The van der Waals surface area contributed by atoms with Crippen molar-refractivity contribution in [1.29, 1.82) is 0 Å². The third-order valence-electron chi connectivity index (χ3n) is 5.63. The minimum absolute atomic E-state index is 0. The van der Waals surface area contributed by atoms with Crippen LogP contribution in [0.2, 0.25) is 0 Å². The Hall–Kier alpha value is -2.49. The van der Waals surface area contributed by atoms with Gasteiger partial charge in [0, 0.05) is 25.2 Å². The Morgan fingerprint density at radius 1 is 1.03 bits per heavy atom. The average Bonchev–Trinajstić information content (AvgIpc) is 3.08. The van der Waals surface area contributed by atoms with Gasteiger partial charge in [-0.25, -0.2) is 4.99 Å². The Balaban J connectivity index is 0.00000456. The summed E-state index contributed by atoms with van der Waals surface area (Å²) in [5.41, 5.74) is 0.466. The number of carbonyl (C=O) groups excluding carboxylic acids is 1. The van der Waals surface area contributed by atoms with Crippen LogP contribution in [0.25, 0.3) is 6.08 Å². The minimum Gasteiger partial charge on any atom is -0.497 e. The molecule has 1 aliphatic rings. The number of amides is 1. The van der Waals surface area contributed by atoms with Crippen LogP contribution in [0.3, 0.4) is 0 Å². The summed E-state index contributed by atoms with van der Waals surface area (Å²) < 4.78 is 43.9. The summed E-state index contributed by atoms with van der Waals surface area (Å²) in [4.78, 5) is 22.4. The lowest BCUT2D eigenvalue weighted by Crippen LogP contribution is -2.43. The van der Waals surface area contributed by atoms with E-state index in [-0.39, 0.29) is 18.3 Å². The molecule has 10 heteroatoms. The lowest BCUT2D eigenvalue weighted by molar-refractivity contribution is -0.137. The number of thioether (sulfide) groups is 1. The van der Waals surface area contributed by atoms with Gasteiger partial charge in [-0.15, -0.1) is 12.4 Å². The van der Waals surface area contributed by atoms with Gasteiger partial charge in [-0.3, -0.25) is 14.6 Å². The summed E-state index contributed by atoms with van der Waals surface area (Å²) in [5, 5.41) is 0.533. The highest BCUT2D eigenvalue weighted by Gasteiger charge is 2.34.